The quantitative estimate of drug-likeness (QED) is 0.762. The van der Waals surface area contributed by atoms with Gasteiger partial charge in [0.1, 0.15) is 0 Å². The molecule has 5 heteroatoms. The summed E-state index contributed by atoms with van der Waals surface area (Å²) in [6.45, 7) is 0.433. The molecule has 0 saturated carbocycles. The number of rotatable bonds is 4. The number of carbonyl (C=O) groups is 1. The largest absolute Gasteiger partial charge is 0.367 e. The zero-order chi connectivity index (χ0) is 11.1. The maximum atomic E-state index is 11.3. The van der Waals surface area contributed by atoms with E-state index in [1.54, 1.807) is 0 Å². The van der Waals surface area contributed by atoms with Gasteiger partial charge in [0.25, 0.3) is 0 Å². The number of urea groups is 1. The average molecular weight is 210 g/mol. The monoisotopic (exact) mass is 210 g/mol. The summed E-state index contributed by atoms with van der Waals surface area (Å²) in [7, 11) is 2.71. The smallest absolute Gasteiger partial charge is 0.330 e. The van der Waals surface area contributed by atoms with Gasteiger partial charge in [-0.2, -0.15) is 0 Å². The summed E-state index contributed by atoms with van der Waals surface area (Å²) in [5.74, 6) is 0. The highest BCUT2D eigenvalue weighted by atomic mass is 16.9. The Morgan fingerprint density at radius 2 is 1.87 bits per heavy atom. The normalized spacial score (nSPS) is 9.73. The molecule has 0 atom stereocenters. The van der Waals surface area contributed by atoms with E-state index in [2.05, 4.69) is 15.0 Å². The van der Waals surface area contributed by atoms with Gasteiger partial charge in [-0.3, -0.25) is 0 Å². The van der Waals surface area contributed by atoms with Gasteiger partial charge in [-0.1, -0.05) is 35.6 Å². The van der Waals surface area contributed by atoms with Crippen LogP contribution in [0.1, 0.15) is 5.56 Å². The van der Waals surface area contributed by atoms with E-state index >= 15 is 0 Å². The summed E-state index contributed by atoms with van der Waals surface area (Å²) in [6, 6.07) is 9.14. The molecule has 0 aliphatic heterocycles. The molecule has 0 spiro atoms. The zero-order valence-corrected chi connectivity index (χ0v) is 8.77. The lowest BCUT2D eigenvalue weighted by Crippen LogP contribution is -2.38. The molecule has 0 aromatic heterocycles. The summed E-state index contributed by atoms with van der Waals surface area (Å²) in [4.78, 5) is 20.6. The van der Waals surface area contributed by atoms with Crippen molar-refractivity contribution in [3.63, 3.8) is 0 Å². The van der Waals surface area contributed by atoms with Crippen LogP contribution in [-0.2, 0) is 16.2 Å². The minimum Gasteiger partial charge on any atom is -0.330 e. The fourth-order valence-corrected chi connectivity index (χ4v) is 1.08. The third kappa shape index (κ3) is 3.57. The Morgan fingerprint density at radius 1 is 1.27 bits per heavy atom. The molecule has 1 N–H and O–H groups in total. The van der Waals surface area contributed by atoms with Crippen LogP contribution in [0.3, 0.4) is 0 Å². The lowest BCUT2D eigenvalue weighted by atomic mass is 10.2. The molecule has 82 valence electrons. The van der Waals surface area contributed by atoms with E-state index in [1.807, 2.05) is 30.3 Å². The minimum atomic E-state index is -0.441. The molecule has 0 aliphatic rings. The van der Waals surface area contributed by atoms with Gasteiger partial charge in [-0.25, -0.2) is 14.5 Å². The second kappa shape index (κ2) is 6.00. The van der Waals surface area contributed by atoms with Crippen LogP contribution in [0, 0.1) is 0 Å². The topological polar surface area (TPSA) is 50.8 Å². The van der Waals surface area contributed by atoms with Crippen molar-refractivity contribution in [2.45, 2.75) is 6.54 Å². The number of nitrogens with zero attached hydrogens (tertiary/aromatic N) is 1. The van der Waals surface area contributed by atoms with E-state index in [1.165, 1.54) is 14.2 Å². The molecule has 0 aliphatic carbocycles. The Hall–Kier alpha value is -1.59. The van der Waals surface area contributed by atoms with E-state index < -0.39 is 6.03 Å². The Balaban J connectivity index is 2.40. The Bertz CT molecular complexity index is 299. The molecule has 5 nitrogen and oxygen atoms in total. The van der Waals surface area contributed by atoms with Crippen molar-refractivity contribution < 1.29 is 14.5 Å². The number of benzene rings is 1. The predicted molar refractivity (Wildman–Crippen MR) is 54.5 cm³/mol. The Labute approximate surface area is 88.5 Å². The molecular weight excluding hydrogens is 196 g/mol. The van der Waals surface area contributed by atoms with Crippen molar-refractivity contribution in [2.75, 3.05) is 14.2 Å². The number of hydroxylamine groups is 2. The van der Waals surface area contributed by atoms with Crippen molar-refractivity contribution in [1.29, 1.82) is 0 Å². The first kappa shape index (κ1) is 11.5. The molecule has 1 aromatic carbocycles. The van der Waals surface area contributed by atoms with Crippen LogP contribution < -0.4 is 5.32 Å². The number of carbonyl (C=O) groups excluding carboxylic acids is 1. The number of nitrogens with one attached hydrogen (secondary N) is 1. The predicted octanol–water partition coefficient (Wildman–Crippen LogP) is 1.32. The van der Waals surface area contributed by atoms with Gasteiger partial charge in [0.05, 0.1) is 14.2 Å². The standard InChI is InChI=1S/C10H14N2O3/c1-14-12(15-2)10(13)11-8-9-6-4-3-5-7-9/h3-7H,8H2,1-2H3,(H,11,13). The Morgan fingerprint density at radius 3 is 2.40 bits per heavy atom. The van der Waals surface area contributed by atoms with Gasteiger partial charge in [0.2, 0.25) is 0 Å². The fourth-order valence-electron chi connectivity index (χ4n) is 1.08. The molecule has 1 aromatic rings. The highest BCUT2D eigenvalue weighted by molar-refractivity contribution is 5.71. The molecular formula is C10H14N2O3. The van der Waals surface area contributed by atoms with Crippen molar-refractivity contribution in [1.82, 2.24) is 10.5 Å². The first-order valence-electron chi connectivity index (χ1n) is 4.48. The van der Waals surface area contributed by atoms with Crippen molar-refractivity contribution in [2.24, 2.45) is 0 Å². The van der Waals surface area contributed by atoms with Crippen molar-refractivity contribution in [3.05, 3.63) is 35.9 Å². The second-order valence-electron chi connectivity index (χ2n) is 2.77. The summed E-state index contributed by atoms with van der Waals surface area (Å²) < 4.78 is 0. The second-order valence-corrected chi connectivity index (χ2v) is 2.77. The van der Waals surface area contributed by atoms with Crippen molar-refractivity contribution >= 4 is 6.03 Å². The van der Waals surface area contributed by atoms with Crippen LogP contribution in [0.25, 0.3) is 0 Å². The lowest BCUT2D eigenvalue weighted by molar-refractivity contribution is -0.298. The number of amides is 2. The van der Waals surface area contributed by atoms with Gasteiger partial charge in [0.15, 0.2) is 0 Å². The molecule has 0 fully saturated rings. The van der Waals surface area contributed by atoms with E-state index in [9.17, 15) is 4.79 Å². The van der Waals surface area contributed by atoms with Crippen LogP contribution in [0.15, 0.2) is 30.3 Å². The Kier molecular flexibility index (Phi) is 4.59. The SMILES string of the molecule is CON(OC)C(=O)NCc1ccccc1. The third-order valence-electron chi connectivity index (χ3n) is 1.78. The van der Waals surface area contributed by atoms with Gasteiger partial charge >= 0.3 is 6.03 Å². The van der Waals surface area contributed by atoms with Gasteiger partial charge in [-0.05, 0) is 5.56 Å². The molecule has 0 saturated heterocycles. The first-order chi connectivity index (χ1) is 7.27. The first-order valence-corrected chi connectivity index (χ1v) is 4.48. The zero-order valence-electron chi connectivity index (χ0n) is 8.77. The molecule has 2 amide bonds. The van der Waals surface area contributed by atoms with Crippen LogP contribution >= 0.6 is 0 Å². The summed E-state index contributed by atoms with van der Waals surface area (Å²) >= 11 is 0. The summed E-state index contributed by atoms with van der Waals surface area (Å²) in [6.07, 6.45) is 0. The van der Waals surface area contributed by atoms with Gasteiger partial charge < -0.3 is 5.32 Å². The van der Waals surface area contributed by atoms with E-state index in [0.29, 0.717) is 6.54 Å². The van der Waals surface area contributed by atoms with Crippen LogP contribution in [-0.4, -0.2) is 25.5 Å². The average Bonchev–Trinajstić information content (AvgIpc) is 2.29. The van der Waals surface area contributed by atoms with Crippen molar-refractivity contribution in [3.8, 4) is 0 Å². The minimum absolute atomic E-state index is 0.433. The van der Waals surface area contributed by atoms with E-state index in [4.69, 9.17) is 0 Å². The molecule has 15 heavy (non-hydrogen) atoms. The lowest BCUT2D eigenvalue weighted by Gasteiger charge is -2.16. The fraction of sp³-hybridized carbons (Fsp3) is 0.300. The maximum absolute atomic E-state index is 11.3. The highest BCUT2D eigenvalue weighted by Crippen LogP contribution is 1.98. The van der Waals surface area contributed by atoms with Crippen LogP contribution in [0.2, 0.25) is 0 Å². The number of hydrogen-bond donors (Lipinski definition) is 1. The molecule has 0 heterocycles. The third-order valence-corrected chi connectivity index (χ3v) is 1.78. The maximum Gasteiger partial charge on any atom is 0.367 e. The van der Waals surface area contributed by atoms with Crippen LogP contribution in [0.4, 0.5) is 4.79 Å². The molecule has 0 bridgehead atoms. The molecule has 0 unspecified atom stereocenters. The number of hydrogen-bond acceptors (Lipinski definition) is 3. The highest BCUT2D eigenvalue weighted by Gasteiger charge is 2.11. The molecule has 1 rings (SSSR count). The van der Waals surface area contributed by atoms with Gasteiger partial charge in [0, 0.05) is 6.54 Å². The summed E-state index contributed by atoms with van der Waals surface area (Å²) in [5, 5.41) is 3.40. The van der Waals surface area contributed by atoms with Gasteiger partial charge in [-0.15, -0.1) is 0 Å². The van der Waals surface area contributed by atoms with E-state index in [-0.39, 0.29) is 0 Å². The molecule has 0 radical (unpaired) electrons. The summed E-state index contributed by atoms with van der Waals surface area (Å²) in [5.41, 5.74) is 1.01. The van der Waals surface area contributed by atoms with E-state index in [0.717, 1.165) is 10.8 Å². The van der Waals surface area contributed by atoms with Crippen LogP contribution in [0.5, 0.6) is 0 Å².